The molecule has 0 aliphatic carbocycles. The second-order valence-electron chi connectivity index (χ2n) is 5.69. The number of imide groups is 1. The summed E-state index contributed by atoms with van der Waals surface area (Å²) >= 11 is 0. The van der Waals surface area contributed by atoms with Crippen molar-refractivity contribution in [1.29, 1.82) is 0 Å². The smallest absolute Gasteiger partial charge is 0.384 e. The number of nitrogens with zero attached hydrogens (tertiary/aromatic N) is 1. The first kappa shape index (κ1) is 18.2. The van der Waals surface area contributed by atoms with Crippen molar-refractivity contribution in [1.82, 2.24) is 9.88 Å². The Morgan fingerprint density at radius 2 is 1.81 bits per heavy atom. The Hall–Kier alpha value is -3.63. The zero-order chi connectivity index (χ0) is 20.1. The van der Waals surface area contributed by atoms with Crippen LogP contribution in [0.3, 0.4) is 0 Å². The number of aromatic nitrogens is 1. The van der Waals surface area contributed by atoms with Crippen LogP contribution in [-0.2, 0) is 11.0 Å². The van der Waals surface area contributed by atoms with E-state index in [1.165, 1.54) is 0 Å². The molecule has 1 aromatic heterocycles. The lowest BCUT2D eigenvalue weighted by Gasteiger charge is -2.18. The van der Waals surface area contributed by atoms with E-state index in [-0.39, 0.29) is 16.8 Å². The molecule has 11 heteroatoms. The highest BCUT2D eigenvalue weighted by molar-refractivity contribution is 6.23. The van der Waals surface area contributed by atoms with Crippen molar-refractivity contribution in [2.45, 2.75) is 13.1 Å². The average Bonchev–Trinajstić information content (AvgIpc) is 2.81. The van der Waals surface area contributed by atoms with Crippen LogP contribution in [0.2, 0.25) is 0 Å². The quantitative estimate of drug-likeness (QED) is 0.678. The molecule has 0 unspecified atom stereocenters. The van der Waals surface area contributed by atoms with Gasteiger partial charge in [-0.3, -0.25) is 29.1 Å². The maximum absolute atomic E-state index is 13.1. The van der Waals surface area contributed by atoms with Gasteiger partial charge in [0.2, 0.25) is 5.91 Å². The van der Waals surface area contributed by atoms with E-state index in [0.29, 0.717) is 10.6 Å². The molecule has 2 heterocycles. The first-order chi connectivity index (χ1) is 12.5. The molecule has 0 fully saturated rings. The largest absolute Gasteiger partial charge is 0.416 e. The van der Waals surface area contributed by atoms with E-state index in [2.05, 4.69) is 5.32 Å². The Labute approximate surface area is 148 Å². The van der Waals surface area contributed by atoms with Gasteiger partial charge in [-0.05, 0) is 18.2 Å². The molecule has 4 N–H and O–H groups in total. The fourth-order valence-electron chi connectivity index (χ4n) is 2.72. The third-order valence-electron chi connectivity index (χ3n) is 3.83. The van der Waals surface area contributed by atoms with Gasteiger partial charge in [0.1, 0.15) is 5.82 Å². The molecule has 0 saturated carbocycles. The van der Waals surface area contributed by atoms with Crippen LogP contribution in [0.1, 0.15) is 33.2 Å². The summed E-state index contributed by atoms with van der Waals surface area (Å²) < 4.78 is 39.9. The van der Waals surface area contributed by atoms with Gasteiger partial charge in [0.25, 0.3) is 17.4 Å². The lowest BCUT2D eigenvalue weighted by molar-refractivity contribution is -0.137. The number of hydrogen-bond donors (Lipinski definition) is 3. The second kappa shape index (κ2) is 5.97. The number of benzene rings is 1. The Morgan fingerprint density at radius 1 is 1.15 bits per heavy atom. The first-order valence-corrected chi connectivity index (χ1v) is 7.41. The molecule has 1 aromatic carbocycles. The van der Waals surface area contributed by atoms with Crippen LogP contribution in [0.5, 0.6) is 0 Å². The van der Waals surface area contributed by atoms with Crippen LogP contribution in [0.15, 0.2) is 29.1 Å². The Balaban J connectivity index is 2.35. The molecule has 0 radical (unpaired) electrons. The minimum Gasteiger partial charge on any atom is -0.384 e. The van der Waals surface area contributed by atoms with Gasteiger partial charge in [-0.15, -0.1) is 0 Å². The van der Waals surface area contributed by atoms with Crippen molar-refractivity contribution in [3.8, 4) is 5.69 Å². The molecule has 0 atom stereocenters. The van der Waals surface area contributed by atoms with Crippen LogP contribution in [0.25, 0.3) is 5.69 Å². The van der Waals surface area contributed by atoms with Crippen molar-refractivity contribution in [2.24, 2.45) is 0 Å². The molecule has 1 aliphatic heterocycles. The van der Waals surface area contributed by atoms with Crippen LogP contribution < -0.4 is 21.9 Å². The molecular formula is C16H11F3N4O4. The summed E-state index contributed by atoms with van der Waals surface area (Å²) in [7, 11) is 0. The molecule has 27 heavy (non-hydrogen) atoms. The number of rotatable bonds is 2. The number of fused-ring (bicyclic) bond motifs is 1. The van der Waals surface area contributed by atoms with E-state index in [1.54, 1.807) is 0 Å². The van der Waals surface area contributed by atoms with Crippen molar-refractivity contribution in [2.75, 3.05) is 11.1 Å². The summed E-state index contributed by atoms with van der Waals surface area (Å²) in [6.45, 7) is 1.13. The summed E-state index contributed by atoms with van der Waals surface area (Å²) in [6, 6.07) is 3.09. The topological polar surface area (TPSA) is 123 Å². The van der Waals surface area contributed by atoms with Crippen LogP contribution in [-0.4, -0.2) is 22.3 Å². The van der Waals surface area contributed by atoms with Crippen LogP contribution >= 0.6 is 0 Å². The van der Waals surface area contributed by atoms with Gasteiger partial charge in [-0.25, -0.2) is 0 Å². The van der Waals surface area contributed by atoms with Crippen LogP contribution in [0.4, 0.5) is 24.7 Å². The van der Waals surface area contributed by atoms with E-state index in [4.69, 9.17) is 5.73 Å². The number of amides is 3. The van der Waals surface area contributed by atoms with Crippen molar-refractivity contribution < 1.29 is 27.6 Å². The fourth-order valence-corrected chi connectivity index (χ4v) is 2.72. The van der Waals surface area contributed by atoms with Gasteiger partial charge in [-0.1, -0.05) is 0 Å². The van der Waals surface area contributed by atoms with Gasteiger partial charge in [0.15, 0.2) is 0 Å². The van der Waals surface area contributed by atoms with E-state index in [9.17, 15) is 32.3 Å². The van der Waals surface area contributed by atoms with Gasteiger partial charge in [-0.2, -0.15) is 13.2 Å². The molecular weight excluding hydrogens is 369 g/mol. The number of halogens is 3. The van der Waals surface area contributed by atoms with E-state index < -0.39 is 46.5 Å². The summed E-state index contributed by atoms with van der Waals surface area (Å²) in [6.07, 6.45) is -4.73. The maximum Gasteiger partial charge on any atom is 0.416 e. The number of nitrogens with two attached hydrogens (primary N) is 1. The Morgan fingerprint density at radius 3 is 2.41 bits per heavy atom. The summed E-state index contributed by atoms with van der Waals surface area (Å²) in [5.41, 5.74) is 2.67. The molecule has 0 bridgehead atoms. The zero-order valence-electron chi connectivity index (χ0n) is 13.6. The van der Waals surface area contributed by atoms with Gasteiger partial charge < -0.3 is 11.1 Å². The SMILES string of the molecule is CC(=O)Nc1ccc(C(F)(F)F)cc1-n1c(N)c2c(cc1=O)C(=O)NC2=O. The minimum absolute atomic E-state index is 0.131. The highest BCUT2D eigenvalue weighted by atomic mass is 19.4. The number of hydrogen-bond acceptors (Lipinski definition) is 5. The third-order valence-corrected chi connectivity index (χ3v) is 3.83. The van der Waals surface area contributed by atoms with Crippen molar-refractivity contribution in [3.63, 3.8) is 0 Å². The van der Waals surface area contributed by atoms with Gasteiger partial charge in [0.05, 0.1) is 28.1 Å². The second-order valence-corrected chi connectivity index (χ2v) is 5.69. The normalized spacial score (nSPS) is 13.3. The number of alkyl halides is 3. The molecule has 8 nitrogen and oxygen atoms in total. The molecule has 1 aliphatic rings. The summed E-state index contributed by atoms with van der Waals surface area (Å²) in [5.74, 6) is -2.84. The molecule has 3 rings (SSSR count). The monoisotopic (exact) mass is 380 g/mol. The lowest BCUT2D eigenvalue weighted by atomic mass is 10.1. The number of nitrogen functional groups attached to an aromatic ring is 1. The molecule has 140 valence electrons. The molecule has 0 spiro atoms. The number of pyridine rings is 1. The van der Waals surface area contributed by atoms with Crippen LogP contribution in [0, 0.1) is 0 Å². The lowest BCUT2D eigenvalue weighted by Crippen LogP contribution is -2.25. The number of carbonyl (C=O) groups is 3. The molecule has 3 amide bonds. The van der Waals surface area contributed by atoms with E-state index in [1.807, 2.05) is 5.32 Å². The zero-order valence-corrected chi connectivity index (χ0v) is 13.6. The predicted molar refractivity (Wildman–Crippen MR) is 87.6 cm³/mol. The summed E-state index contributed by atoms with van der Waals surface area (Å²) in [4.78, 5) is 47.4. The van der Waals surface area contributed by atoms with Crippen molar-refractivity contribution in [3.05, 3.63) is 51.3 Å². The number of anilines is 2. The van der Waals surface area contributed by atoms with Gasteiger partial charge in [0, 0.05) is 13.0 Å². The Bertz CT molecular complexity index is 1070. The molecule has 2 aromatic rings. The maximum atomic E-state index is 13.1. The third kappa shape index (κ3) is 3.03. The number of carbonyl (C=O) groups excluding carboxylic acids is 3. The first-order valence-electron chi connectivity index (χ1n) is 7.41. The van der Waals surface area contributed by atoms with E-state index >= 15 is 0 Å². The fraction of sp³-hybridized carbons (Fsp3) is 0.125. The van der Waals surface area contributed by atoms with Gasteiger partial charge >= 0.3 is 6.18 Å². The highest BCUT2D eigenvalue weighted by Gasteiger charge is 2.34. The molecule has 0 saturated heterocycles. The minimum atomic E-state index is -4.73. The number of nitrogens with one attached hydrogen (secondary N) is 2. The van der Waals surface area contributed by atoms with E-state index in [0.717, 1.165) is 25.1 Å². The summed E-state index contributed by atoms with van der Waals surface area (Å²) in [5, 5.41) is 4.26. The van der Waals surface area contributed by atoms with Crippen molar-refractivity contribution >= 4 is 29.2 Å². The Kier molecular flexibility index (Phi) is 4.02. The highest BCUT2D eigenvalue weighted by Crippen LogP contribution is 2.34. The standard InChI is InChI=1S/C16H11F3N4O4/c1-6(24)21-9-3-2-7(16(17,18)19)4-10(9)23-11(25)5-8-12(13(23)20)15(27)22-14(8)26/h2-5H,20H2,1H3,(H,21,24)(H,22,26,27). The average molecular weight is 380 g/mol. The predicted octanol–water partition coefficient (Wildman–Crippen LogP) is 1.28.